The molecule has 1 unspecified atom stereocenters. The number of hydrogen-bond donors (Lipinski definition) is 0. The minimum Gasteiger partial charge on any atom is -0.494 e. The SMILES string of the molecule is CCOc1cc(SC(C)CCl)cc([N+](=O)[O-])c1. The molecule has 0 amide bonds. The van der Waals surface area contributed by atoms with Crippen LogP contribution >= 0.6 is 23.4 Å². The van der Waals surface area contributed by atoms with Crippen LogP contribution in [0.3, 0.4) is 0 Å². The number of alkyl halides is 1. The monoisotopic (exact) mass is 275 g/mol. The van der Waals surface area contributed by atoms with E-state index in [9.17, 15) is 10.1 Å². The second kappa shape index (κ2) is 6.71. The van der Waals surface area contributed by atoms with Crippen molar-refractivity contribution in [1.82, 2.24) is 0 Å². The third-order valence-corrected chi connectivity index (χ3v) is 3.66. The lowest BCUT2D eigenvalue weighted by molar-refractivity contribution is -0.385. The Morgan fingerprint density at radius 3 is 2.76 bits per heavy atom. The molecule has 0 N–H and O–H groups in total. The molecule has 0 aliphatic heterocycles. The first-order chi connectivity index (χ1) is 8.06. The largest absolute Gasteiger partial charge is 0.494 e. The van der Waals surface area contributed by atoms with Crippen molar-refractivity contribution in [3.05, 3.63) is 28.3 Å². The first-order valence-electron chi connectivity index (χ1n) is 5.21. The highest BCUT2D eigenvalue weighted by molar-refractivity contribution is 8.00. The van der Waals surface area contributed by atoms with Gasteiger partial charge in [0.25, 0.3) is 5.69 Å². The molecule has 0 spiro atoms. The van der Waals surface area contributed by atoms with Gasteiger partial charge >= 0.3 is 0 Å². The summed E-state index contributed by atoms with van der Waals surface area (Å²) in [5.74, 6) is 1.02. The number of ether oxygens (including phenoxy) is 1. The van der Waals surface area contributed by atoms with E-state index in [0.29, 0.717) is 18.2 Å². The van der Waals surface area contributed by atoms with Crippen LogP contribution < -0.4 is 4.74 Å². The average molecular weight is 276 g/mol. The number of non-ortho nitro benzene ring substituents is 1. The number of nitrogens with zero attached hydrogens (tertiary/aromatic N) is 1. The number of thioether (sulfide) groups is 1. The smallest absolute Gasteiger partial charge is 0.274 e. The van der Waals surface area contributed by atoms with Crippen molar-refractivity contribution < 1.29 is 9.66 Å². The summed E-state index contributed by atoms with van der Waals surface area (Å²) < 4.78 is 5.30. The molecule has 0 aliphatic rings. The minimum atomic E-state index is -0.419. The van der Waals surface area contributed by atoms with E-state index in [4.69, 9.17) is 16.3 Å². The van der Waals surface area contributed by atoms with Gasteiger partial charge in [0.1, 0.15) is 5.75 Å². The van der Waals surface area contributed by atoms with Crippen LogP contribution in [0.25, 0.3) is 0 Å². The van der Waals surface area contributed by atoms with Crippen molar-refractivity contribution in [2.24, 2.45) is 0 Å². The van der Waals surface area contributed by atoms with Crippen molar-refractivity contribution in [2.75, 3.05) is 12.5 Å². The van der Waals surface area contributed by atoms with Crippen molar-refractivity contribution >= 4 is 29.1 Å². The molecule has 1 aromatic rings. The second-order valence-electron chi connectivity index (χ2n) is 3.44. The van der Waals surface area contributed by atoms with Crippen molar-refractivity contribution in [3.8, 4) is 5.75 Å². The highest BCUT2D eigenvalue weighted by atomic mass is 35.5. The molecule has 0 fully saturated rings. The Balaban J connectivity index is 2.99. The lowest BCUT2D eigenvalue weighted by Gasteiger charge is -2.09. The zero-order valence-electron chi connectivity index (χ0n) is 9.68. The van der Waals surface area contributed by atoms with Crippen LogP contribution in [-0.2, 0) is 0 Å². The van der Waals surface area contributed by atoms with Crippen LogP contribution in [0.15, 0.2) is 23.1 Å². The van der Waals surface area contributed by atoms with Crippen LogP contribution in [0.2, 0.25) is 0 Å². The summed E-state index contributed by atoms with van der Waals surface area (Å²) in [6.45, 7) is 4.29. The molecule has 0 radical (unpaired) electrons. The summed E-state index contributed by atoms with van der Waals surface area (Å²) in [5.41, 5.74) is 0.0419. The number of nitro benzene ring substituents is 1. The first-order valence-corrected chi connectivity index (χ1v) is 6.63. The third-order valence-electron chi connectivity index (χ3n) is 1.94. The average Bonchev–Trinajstić information content (AvgIpc) is 2.29. The predicted molar refractivity (Wildman–Crippen MR) is 70.3 cm³/mol. The first kappa shape index (κ1) is 14.1. The zero-order chi connectivity index (χ0) is 12.8. The number of benzene rings is 1. The van der Waals surface area contributed by atoms with Gasteiger partial charge in [-0.15, -0.1) is 23.4 Å². The van der Waals surface area contributed by atoms with Crippen LogP contribution in [0.4, 0.5) is 5.69 Å². The molecule has 0 saturated carbocycles. The van der Waals surface area contributed by atoms with E-state index in [1.165, 1.54) is 23.9 Å². The van der Waals surface area contributed by atoms with Gasteiger partial charge in [0.15, 0.2) is 0 Å². The molecule has 0 heterocycles. The van der Waals surface area contributed by atoms with Crippen LogP contribution in [0, 0.1) is 10.1 Å². The summed E-state index contributed by atoms with van der Waals surface area (Å²) in [4.78, 5) is 11.2. The van der Waals surface area contributed by atoms with E-state index in [-0.39, 0.29) is 10.9 Å². The maximum atomic E-state index is 10.8. The summed E-state index contributed by atoms with van der Waals surface area (Å²) in [7, 11) is 0. The molecule has 94 valence electrons. The molecule has 6 heteroatoms. The van der Waals surface area contributed by atoms with Gasteiger partial charge in [-0.1, -0.05) is 6.92 Å². The molecular formula is C11H14ClNO3S. The van der Waals surface area contributed by atoms with Gasteiger partial charge in [0.05, 0.1) is 17.6 Å². The molecule has 1 atom stereocenters. The fourth-order valence-corrected chi connectivity index (χ4v) is 2.33. The van der Waals surface area contributed by atoms with Gasteiger partial charge in [-0.25, -0.2) is 0 Å². The second-order valence-corrected chi connectivity index (χ2v) is 5.26. The molecular weight excluding hydrogens is 262 g/mol. The molecule has 0 saturated heterocycles. The van der Waals surface area contributed by atoms with Gasteiger partial charge in [0, 0.05) is 22.1 Å². The van der Waals surface area contributed by atoms with Gasteiger partial charge in [-0.05, 0) is 13.0 Å². The standard InChI is InChI=1S/C11H14ClNO3S/c1-3-16-10-4-9(13(14)15)5-11(6-10)17-8(2)7-12/h4-6,8H,3,7H2,1-2H3. The third kappa shape index (κ3) is 4.44. The van der Waals surface area contributed by atoms with Gasteiger partial charge in [0.2, 0.25) is 0 Å². The predicted octanol–water partition coefficient (Wildman–Crippen LogP) is 3.71. The maximum absolute atomic E-state index is 10.8. The van der Waals surface area contributed by atoms with Gasteiger partial charge in [-0.3, -0.25) is 10.1 Å². The van der Waals surface area contributed by atoms with Crippen LogP contribution in [0.1, 0.15) is 13.8 Å². The fraction of sp³-hybridized carbons (Fsp3) is 0.455. The lowest BCUT2D eigenvalue weighted by Crippen LogP contribution is -1.98. The Bertz CT molecular complexity index is 400. The minimum absolute atomic E-state index is 0.0419. The molecule has 0 aliphatic carbocycles. The van der Waals surface area contributed by atoms with E-state index in [1.807, 2.05) is 13.8 Å². The number of halogens is 1. The highest BCUT2D eigenvalue weighted by Crippen LogP contribution is 2.31. The number of hydrogen-bond acceptors (Lipinski definition) is 4. The van der Waals surface area contributed by atoms with E-state index < -0.39 is 4.92 Å². The molecule has 4 nitrogen and oxygen atoms in total. The van der Waals surface area contributed by atoms with E-state index in [1.54, 1.807) is 6.07 Å². The topological polar surface area (TPSA) is 52.4 Å². The maximum Gasteiger partial charge on any atom is 0.274 e. The molecule has 0 bridgehead atoms. The summed E-state index contributed by atoms with van der Waals surface area (Å²) >= 11 is 7.22. The highest BCUT2D eigenvalue weighted by Gasteiger charge is 2.12. The molecule has 17 heavy (non-hydrogen) atoms. The van der Waals surface area contributed by atoms with E-state index in [2.05, 4.69) is 0 Å². The quantitative estimate of drug-likeness (QED) is 0.344. The van der Waals surface area contributed by atoms with E-state index >= 15 is 0 Å². The van der Waals surface area contributed by atoms with Crippen molar-refractivity contribution in [2.45, 2.75) is 24.0 Å². The fourth-order valence-electron chi connectivity index (χ4n) is 1.24. The van der Waals surface area contributed by atoms with Crippen molar-refractivity contribution in [1.29, 1.82) is 0 Å². The van der Waals surface area contributed by atoms with Gasteiger partial charge in [-0.2, -0.15) is 0 Å². The Labute approximate surface area is 109 Å². The van der Waals surface area contributed by atoms with Crippen molar-refractivity contribution in [3.63, 3.8) is 0 Å². The lowest BCUT2D eigenvalue weighted by atomic mass is 10.3. The zero-order valence-corrected chi connectivity index (χ0v) is 11.3. The Kier molecular flexibility index (Phi) is 5.58. The summed E-state index contributed by atoms with van der Waals surface area (Å²) in [5, 5.41) is 11.0. The molecule has 0 aromatic heterocycles. The Morgan fingerprint density at radius 2 is 2.24 bits per heavy atom. The number of nitro groups is 1. The Morgan fingerprint density at radius 1 is 1.53 bits per heavy atom. The molecule has 1 aromatic carbocycles. The molecule has 1 rings (SSSR count). The van der Waals surface area contributed by atoms with Crippen LogP contribution in [0.5, 0.6) is 5.75 Å². The van der Waals surface area contributed by atoms with Gasteiger partial charge < -0.3 is 4.74 Å². The normalized spacial score (nSPS) is 12.2. The number of rotatable bonds is 6. The summed E-state index contributed by atoms with van der Waals surface area (Å²) in [6, 6.07) is 4.76. The van der Waals surface area contributed by atoms with E-state index in [0.717, 1.165) is 4.90 Å². The van der Waals surface area contributed by atoms with Crippen LogP contribution in [-0.4, -0.2) is 22.7 Å². The summed E-state index contributed by atoms with van der Waals surface area (Å²) in [6.07, 6.45) is 0. The Hall–Kier alpha value is -0.940.